The highest BCUT2D eigenvalue weighted by Crippen LogP contribution is 2.38. The molecule has 3 N–H and O–H groups in total. The summed E-state index contributed by atoms with van der Waals surface area (Å²) in [5, 5.41) is 14.1. The quantitative estimate of drug-likeness (QED) is 0.362. The third-order valence-corrected chi connectivity index (χ3v) is 8.65. The van der Waals surface area contributed by atoms with Crippen molar-refractivity contribution in [2.24, 2.45) is 5.92 Å². The zero-order valence-electron chi connectivity index (χ0n) is 27.4. The summed E-state index contributed by atoms with van der Waals surface area (Å²) in [6.45, 7) is 7.93. The van der Waals surface area contributed by atoms with E-state index in [9.17, 15) is 14.4 Å². The van der Waals surface area contributed by atoms with Gasteiger partial charge < -0.3 is 39.3 Å². The normalized spacial score (nSPS) is 20.0. The molecule has 48 heavy (non-hydrogen) atoms. The SMILES string of the molecule is CNC(=O)OC(C)(C)C.O=C1COc2ncc(N3CC4(CCN(CC5Cc6cc7nc(CCO)oc7c(F)c6C5)CC4)OC3=O)nc2N1. The minimum atomic E-state index is -0.613. The number of rotatable bonds is 5. The van der Waals surface area contributed by atoms with Crippen LogP contribution in [0.4, 0.5) is 25.6 Å². The molecule has 7 rings (SSSR count). The lowest BCUT2D eigenvalue weighted by Gasteiger charge is -2.38. The van der Waals surface area contributed by atoms with Crippen LogP contribution in [0.3, 0.4) is 0 Å². The van der Waals surface area contributed by atoms with E-state index in [2.05, 4.69) is 30.5 Å². The van der Waals surface area contributed by atoms with Crippen LogP contribution in [0.2, 0.25) is 0 Å². The van der Waals surface area contributed by atoms with Crippen LogP contribution in [0.15, 0.2) is 16.7 Å². The Bertz CT molecular complexity index is 1720. The Labute approximate surface area is 276 Å². The molecule has 3 aromatic rings. The van der Waals surface area contributed by atoms with Crippen LogP contribution < -0.4 is 20.3 Å². The van der Waals surface area contributed by atoms with Crippen molar-refractivity contribution in [3.8, 4) is 5.88 Å². The summed E-state index contributed by atoms with van der Waals surface area (Å²) in [6.07, 6.45) is 3.59. The lowest BCUT2D eigenvalue weighted by molar-refractivity contribution is -0.118. The molecule has 2 aromatic heterocycles. The van der Waals surface area contributed by atoms with Gasteiger partial charge in [0.15, 0.2) is 35.5 Å². The number of amides is 3. The first-order valence-corrected chi connectivity index (χ1v) is 16.0. The number of nitrogens with zero attached hydrogens (tertiary/aromatic N) is 5. The molecule has 1 aromatic carbocycles. The third-order valence-electron chi connectivity index (χ3n) is 8.65. The molecular weight excluding hydrogens is 629 g/mol. The lowest BCUT2D eigenvalue weighted by atomic mass is 9.90. The van der Waals surface area contributed by atoms with Crippen molar-refractivity contribution in [3.05, 3.63) is 35.1 Å². The van der Waals surface area contributed by atoms with E-state index in [0.29, 0.717) is 48.6 Å². The number of aliphatic hydroxyl groups is 1. The summed E-state index contributed by atoms with van der Waals surface area (Å²) >= 11 is 0. The molecule has 3 amide bonds. The van der Waals surface area contributed by atoms with Crippen molar-refractivity contribution in [2.75, 3.05) is 56.7 Å². The van der Waals surface area contributed by atoms with Crippen LogP contribution in [0.5, 0.6) is 5.88 Å². The predicted octanol–water partition coefficient (Wildman–Crippen LogP) is 2.97. The number of halogens is 1. The molecule has 1 unspecified atom stereocenters. The average molecular weight is 670 g/mol. The second-order valence-corrected chi connectivity index (χ2v) is 13.4. The standard InChI is InChI=1S/C26H27FN6O6.C6H13NO2/c27-21-16-8-14(7-15(16)9-17-22(21)38-20(29-17)1-6-34)11-32-4-2-26(3-5-32)13-33(25(36)39-26)18-10-28-24-23(30-18)31-19(35)12-37-24;1-6(2,3)9-5(8)7-4/h9-10,14,34H,1-8,11-13H2,(H,30,31,35);1-4H3,(H,7,8). The molecule has 1 atom stereocenters. The fraction of sp³-hybridized carbons (Fsp3) is 0.562. The molecule has 15 nitrogen and oxygen atoms in total. The number of anilines is 2. The molecule has 5 heterocycles. The summed E-state index contributed by atoms with van der Waals surface area (Å²) in [7, 11) is 1.54. The first-order chi connectivity index (χ1) is 22.8. The number of hydrogen-bond acceptors (Lipinski definition) is 12. The summed E-state index contributed by atoms with van der Waals surface area (Å²) in [5.41, 5.74) is 1.33. The van der Waals surface area contributed by atoms with Crippen LogP contribution >= 0.6 is 0 Å². The van der Waals surface area contributed by atoms with Gasteiger partial charge in [0.25, 0.3) is 11.8 Å². The molecule has 0 bridgehead atoms. The first kappa shape index (κ1) is 33.3. The van der Waals surface area contributed by atoms with E-state index in [4.69, 9.17) is 23.7 Å². The molecule has 16 heteroatoms. The summed E-state index contributed by atoms with van der Waals surface area (Å²) in [4.78, 5) is 51.6. The molecule has 2 saturated heterocycles. The van der Waals surface area contributed by atoms with E-state index in [0.717, 1.165) is 31.6 Å². The van der Waals surface area contributed by atoms with Crippen LogP contribution in [0.25, 0.3) is 11.1 Å². The van der Waals surface area contributed by atoms with Crippen LogP contribution in [0.1, 0.15) is 50.6 Å². The topological polar surface area (TPSA) is 181 Å². The van der Waals surface area contributed by atoms with E-state index >= 15 is 4.39 Å². The number of carbonyl (C=O) groups excluding carboxylic acids is 3. The van der Waals surface area contributed by atoms with E-state index in [1.54, 1.807) is 0 Å². The number of ether oxygens (including phenoxy) is 3. The minimum Gasteiger partial charge on any atom is -0.465 e. The Morgan fingerprint density at radius 3 is 2.69 bits per heavy atom. The van der Waals surface area contributed by atoms with Gasteiger partial charge in [-0.15, -0.1) is 0 Å². The van der Waals surface area contributed by atoms with Gasteiger partial charge in [-0.2, -0.15) is 0 Å². The average Bonchev–Trinajstić information content (AvgIpc) is 3.73. The Kier molecular flexibility index (Phi) is 9.13. The summed E-state index contributed by atoms with van der Waals surface area (Å²) < 4.78 is 36.7. The zero-order chi connectivity index (χ0) is 34.2. The van der Waals surface area contributed by atoms with Crippen molar-refractivity contribution in [2.45, 2.75) is 64.1 Å². The molecule has 0 saturated carbocycles. The van der Waals surface area contributed by atoms with Crippen molar-refractivity contribution >= 4 is 40.8 Å². The number of carbonyl (C=O) groups is 3. The van der Waals surface area contributed by atoms with Crippen molar-refractivity contribution in [1.82, 2.24) is 25.2 Å². The Balaban J connectivity index is 0.000000394. The summed E-state index contributed by atoms with van der Waals surface area (Å²) in [6, 6.07) is 1.91. The molecule has 1 aliphatic carbocycles. The lowest BCUT2D eigenvalue weighted by Crippen LogP contribution is -2.48. The van der Waals surface area contributed by atoms with Crippen molar-refractivity contribution < 1.29 is 42.5 Å². The number of oxazole rings is 1. The fourth-order valence-electron chi connectivity index (χ4n) is 6.45. The molecule has 258 valence electrons. The molecule has 3 aliphatic heterocycles. The smallest absolute Gasteiger partial charge is 0.416 e. The van der Waals surface area contributed by atoms with Gasteiger partial charge in [-0.25, -0.2) is 28.9 Å². The van der Waals surface area contributed by atoms with Gasteiger partial charge in [0.05, 0.1) is 19.3 Å². The van der Waals surface area contributed by atoms with Gasteiger partial charge in [0.1, 0.15) is 16.7 Å². The van der Waals surface area contributed by atoms with Crippen molar-refractivity contribution in [3.63, 3.8) is 0 Å². The number of alkyl carbamates (subject to hydrolysis) is 1. The van der Waals surface area contributed by atoms with Gasteiger partial charge in [0, 0.05) is 45.9 Å². The van der Waals surface area contributed by atoms with Crippen LogP contribution in [-0.4, -0.2) is 101 Å². The first-order valence-electron chi connectivity index (χ1n) is 16.0. The number of fused-ring (bicyclic) bond motifs is 3. The number of nitrogens with one attached hydrogen (secondary N) is 2. The molecular formula is C32H40FN7O8. The maximum atomic E-state index is 15.2. The van der Waals surface area contributed by atoms with E-state index in [1.165, 1.54) is 18.1 Å². The highest BCUT2D eigenvalue weighted by atomic mass is 19.1. The van der Waals surface area contributed by atoms with Crippen LogP contribution in [-0.2, 0) is 33.5 Å². The number of benzene rings is 1. The molecule has 0 radical (unpaired) electrons. The number of aliphatic hydroxyl groups excluding tert-OH is 1. The molecule has 4 aliphatic rings. The summed E-state index contributed by atoms with van der Waals surface area (Å²) in [5.74, 6) is 0.673. The van der Waals surface area contributed by atoms with Gasteiger partial charge in [0.2, 0.25) is 0 Å². The molecule has 1 spiro atoms. The van der Waals surface area contributed by atoms with E-state index < -0.39 is 11.7 Å². The van der Waals surface area contributed by atoms with Gasteiger partial charge in [-0.1, -0.05) is 0 Å². The maximum absolute atomic E-state index is 15.2. The van der Waals surface area contributed by atoms with E-state index in [1.807, 2.05) is 26.8 Å². The largest absolute Gasteiger partial charge is 0.465 e. The van der Waals surface area contributed by atoms with Gasteiger partial charge in [-0.05, 0) is 56.7 Å². The molecule has 2 fully saturated rings. The van der Waals surface area contributed by atoms with Crippen molar-refractivity contribution in [1.29, 1.82) is 0 Å². The Morgan fingerprint density at radius 1 is 1.23 bits per heavy atom. The number of likely N-dealkylation sites (tertiary alicyclic amines) is 1. The predicted molar refractivity (Wildman–Crippen MR) is 169 cm³/mol. The number of aromatic nitrogens is 3. The second-order valence-electron chi connectivity index (χ2n) is 13.4. The Morgan fingerprint density at radius 2 is 2.00 bits per heavy atom. The zero-order valence-corrected chi connectivity index (χ0v) is 27.4. The minimum absolute atomic E-state index is 0.0955. The number of piperidine rings is 1. The van der Waals surface area contributed by atoms with Gasteiger partial charge in [-0.3, -0.25) is 9.69 Å². The Hall–Kier alpha value is -4.57. The highest BCUT2D eigenvalue weighted by molar-refractivity contribution is 5.94. The van der Waals surface area contributed by atoms with Gasteiger partial charge >= 0.3 is 12.2 Å². The fourth-order valence-corrected chi connectivity index (χ4v) is 6.45. The van der Waals surface area contributed by atoms with E-state index in [-0.39, 0.29) is 66.3 Å². The maximum Gasteiger partial charge on any atom is 0.416 e. The second kappa shape index (κ2) is 13.1. The van der Waals surface area contributed by atoms with Crippen LogP contribution in [0, 0.1) is 11.7 Å². The number of hydrogen-bond donors (Lipinski definition) is 3. The monoisotopic (exact) mass is 669 g/mol. The highest BCUT2D eigenvalue weighted by Gasteiger charge is 2.48. The third kappa shape index (κ3) is 7.13.